The van der Waals surface area contributed by atoms with Crippen LogP contribution in [0.1, 0.15) is 29.4 Å². The molecule has 1 fully saturated rings. The van der Waals surface area contributed by atoms with Gasteiger partial charge < -0.3 is 21.3 Å². The van der Waals surface area contributed by atoms with E-state index in [9.17, 15) is 4.79 Å². The van der Waals surface area contributed by atoms with Crippen molar-refractivity contribution in [1.29, 1.82) is 0 Å². The topological polar surface area (TPSA) is 88.5 Å². The van der Waals surface area contributed by atoms with Crippen LogP contribution >= 0.6 is 11.3 Å². The van der Waals surface area contributed by atoms with E-state index < -0.39 is 0 Å². The zero-order valence-electron chi connectivity index (χ0n) is 11.4. The molecule has 1 aliphatic heterocycles. The first-order valence-corrected chi connectivity index (χ1v) is 7.36. The zero-order chi connectivity index (χ0) is 14.0. The number of aromatic nitrogens is 1. The fraction of sp³-hybridized carbons (Fsp3) is 0.667. The molecule has 1 amide bonds. The third kappa shape index (κ3) is 2.98. The predicted octanol–water partition coefficient (Wildman–Crippen LogP) is 0.745. The molecule has 19 heavy (non-hydrogen) atoms. The highest BCUT2D eigenvalue weighted by Crippen LogP contribution is 2.29. The second kappa shape index (κ2) is 5.75. The highest BCUT2D eigenvalue weighted by atomic mass is 32.1. The molecule has 2 heterocycles. The predicted molar refractivity (Wildman–Crippen MR) is 78.6 cm³/mol. The van der Waals surface area contributed by atoms with Gasteiger partial charge in [-0.15, -0.1) is 0 Å². The van der Waals surface area contributed by atoms with E-state index in [1.165, 1.54) is 11.3 Å². The van der Waals surface area contributed by atoms with Crippen LogP contribution in [0.5, 0.6) is 0 Å². The Morgan fingerprint density at radius 3 is 2.74 bits per heavy atom. The second-order valence-electron chi connectivity index (χ2n) is 4.85. The van der Waals surface area contributed by atoms with Crippen molar-refractivity contribution in [1.82, 2.24) is 9.88 Å². The Bertz CT molecular complexity index is 453. The summed E-state index contributed by atoms with van der Waals surface area (Å²) in [5.41, 5.74) is 11.7. The lowest BCUT2D eigenvalue weighted by Crippen LogP contribution is -2.42. The van der Waals surface area contributed by atoms with Crippen LogP contribution in [0, 0.1) is 0 Å². The Labute approximate surface area is 117 Å². The molecule has 0 unspecified atom stereocenters. The van der Waals surface area contributed by atoms with Crippen LogP contribution in [-0.4, -0.2) is 48.5 Å². The molecule has 106 valence electrons. The first kappa shape index (κ1) is 14.1. The first-order chi connectivity index (χ1) is 9.02. The Kier molecular flexibility index (Phi) is 4.26. The van der Waals surface area contributed by atoms with Crippen molar-refractivity contribution >= 4 is 28.2 Å². The summed E-state index contributed by atoms with van der Waals surface area (Å²) >= 11 is 1.36. The van der Waals surface area contributed by atoms with Gasteiger partial charge in [-0.25, -0.2) is 4.98 Å². The number of hydrogen-bond donors (Lipinski definition) is 2. The largest absolute Gasteiger partial charge is 0.382 e. The molecule has 6 nitrogen and oxygen atoms in total. The van der Waals surface area contributed by atoms with Gasteiger partial charge in [-0.3, -0.25) is 4.79 Å². The number of amides is 1. The van der Waals surface area contributed by atoms with Crippen LogP contribution in [-0.2, 0) is 0 Å². The third-order valence-electron chi connectivity index (χ3n) is 3.46. The van der Waals surface area contributed by atoms with Gasteiger partial charge in [0, 0.05) is 32.7 Å². The van der Waals surface area contributed by atoms with Crippen LogP contribution in [0.2, 0.25) is 0 Å². The molecule has 1 aromatic rings. The quantitative estimate of drug-likeness (QED) is 0.854. The summed E-state index contributed by atoms with van der Waals surface area (Å²) in [7, 11) is 1.94. The molecule has 0 aliphatic carbocycles. The summed E-state index contributed by atoms with van der Waals surface area (Å²) in [6.45, 7) is 4.27. The van der Waals surface area contributed by atoms with Gasteiger partial charge in [0.2, 0.25) is 0 Å². The first-order valence-electron chi connectivity index (χ1n) is 6.55. The van der Waals surface area contributed by atoms with Crippen LogP contribution in [0.4, 0.5) is 10.9 Å². The van der Waals surface area contributed by atoms with Crippen molar-refractivity contribution in [2.75, 3.05) is 37.3 Å². The van der Waals surface area contributed by atoms with E-state index in [1.807, 2.05) is 23.8 Å². The van der Waals surface area contributed by atoms with Gasteiger partial charge in [-0.2, -0.15) is 0 Å². The molecule has 0 aromatic carbocycles. The van der Waals surface area contributed by atoms with Crippen molar-refractivity contribution in [3.63, 3.8) is 0 Å². The number of nitrogens with zero attached hydrogens (tertiary/aromatic N) is 3. The Morgan fingerprint density at radius 2 is 2.16 bits per heavy atom. The van der Waals surface area contributed by atoms with Gasteiger partial charge >= 0.3 is 0 Å². The Hall–Kier alpha value is -1.34. The minimum absolute atomic E-state index is 0.0161. The van der Waals surface area contributed by atoms with Gasteiger partial charge in [-0.05, 0) is 19.8 Å². The van der Waals surface area contributed by atoms with Crippen LogP contribution < -0.4 is 16.4 Å². The average molecular weight is 283 g/mol. The van der Waals surface area contributed by atoms with E-state index in [2.05, 4.69) is 4.98 Å². The van der Waals surface area contributed by atoms with Gasteiger partial charge in [0.1, 0.15) is 10.7 Å². The number of rotatable bonds is 3. The lowest BCUT2D eigenvalue weighted by atomic mass is 10.1. The number of anilines is 2. The molecule has 1 aliphatic rings. The minimum Gasteiger partial charge on any atom is -0.382 e. The van der Waals surface area contributed by atoms with Crippen LogP contribution in [0.3, 0.4) is 0 Å². The number of thiazole rings is 1. The van der Waals surface area contributed by atoms with E-state index >= 15 is 0 Å². The van der Waals surface area contributed by atoms with Gasteiger partial charge in [0.25, 0.3) is 5.91 Å². The van der Waals surface area contributed by atoms with E-state index in [1.54, 1.807) is 0 Å². The lowest BCUT2D eigenvalue weighted by molar-refractivity contribution is 0.0720. The Morgan fingerprint density at radius 1 is 1.53 bits per heavy atom. The second-order valence-corrected chi connectivity index (χ2v) is 5.83. The molecule has 1 aromatic heterocycles. The van der Waals surface area contributed by atoms with Gasteiger partial charge in [0.05, 0.1) is 0 Å². The van der Waals surface area contributed by atoms with Crippen LogP contribution in [0.25, 0.3) is 0 Å². The van der Waals surface area contributed by atoms with E-state index in [-0.39, 0.29) is 11.9 Å². The summed E-state index contributed by atoms with van der Waals surface area (Å²) in [6, 6.07) is 0.213. The zero-order valence-corrected chi connectivity index (χ0v) is 12.2. The van der Waals surface area contributed by atoms with Gasteiger partial charge in [-0.1, -0.05) is 11.3 Å². The smallest absolute Gasteiger partial charge is 0.267 e. The standard InChI is InChI=1S/C12H21N5OS/c1-3-16(2)12-15-10(14)9(19-12)11(18)17-6-4-8(13)5-7-17/h8H,3-7,13-14H2,1-2H3. The molecule has 1 saturated heterocycles. The third-order valence-corrected chi connectivity index (χ3v) is 4.64. The molecule has 4 N–H and O–H groups in total. The monoisotopic (exact) mass is 283 g/mol. The fourth-order valence-corrected chi connectivity index (χ4v) is 3.00. The number of nitrogen functional groups attached to an aromatic ring is 1. The number of carbonyl (C=O) groups is 1. The van der Waals surface area contributed by atoms with E-state index in [0.717, 1.165) is 24.5 Å². The average Bonchev–Trinajstić information content (AvgIpc) is 2.80. The maximum absolute atomic E-state index is 12.4. The number of likely N-dealkylation sites (tertiary alicyclic amines) is 1. The molecule has 0 radical (unpaired) electrons. The summed E-state index contributed by atoms with van der Waals surface area (Å²) in [4.78, 5) is 21.0. The van der Waals surface area contributed by atoms with E-state index in [4.69, 9.17) is 11.5 Å². The summed E-state index contributed by atoms with van der Waals surface area (Å²) < 4.78 is 0. The SMILES string of the molecule is CCN(C)c1nc(N)c(C(=O)N2CCC(N)CC2)s1. The molecular weight excluding hydrogens is 262 g/mol. The van der Waals surface area contributed by atoms with E-state index in [0.29, 0.717) is 23.8 Å². The molecular formula is C12H21N5OS. The van der Waals surface area contributed by atoms with Crippen LogP contribution in [0.15, 0.2) is 0 Å². The van der Waals surface area contributed by atoms with Crippen molar-refractivity contribution < 1.29 is 4.79 Å². The highest BCUT2D eigenvalue weighted by Gasteiger charge is 2.26. The van der Waals surface area contributed by atoms with Crippen molar-refractivity contribution in [3.05, 3.63) is 4.88 Å². The number of piperidine rings is 1. The van der Waals surface area contributed by atoms with Crippen molar-refractivity contribution in [2.24, 2.45) is 5.73 Å². The molecule has 0 saturated carbocycles. The molecule has 2 rings (SSSR count). The van der Waals surface area contributed by atoms with Crippen molar-refractivity contribution in [3.8, 4) is 0 Å². The number of nitrogens with two attached hydrogens (primary N) is 2. The maximum Gasteiger partial charge on any atom is 0.267 e. The summed E-state index contributed by atoms with van der Waals surface area (Å²) in [6.07, 6.45) is 1.71. The molecule has 0 spiro atoms. The lowest BCUT2D eigenvalue weighted by Gasteiger charge is -2.29. The Balaban J connectivity index is 2.13. The summed E-state index contributed by atoms with van der Waals surface area (Å²) in [5.74, 6) is 0.317. The minimum atomic E-state index is -0.0161. The van der Waals surface area contributed by atoms with Crippen molar-refractivity contribution in [2.45, 2.75) is 25.8 Å². The normalized spacial score (nSPS) is 16.7. The number of hydrogen-bond acceptors (Lipinski definition) is 6. The molecule has 0 bridgehead atoms. The maximum atomic E-state index is 12.4. The fourth-order valence-electron chi connectivity index (χ4n) is 2.02. The molecule has 0 atom stereocenters. The van der Waals surface area contributed by atoms with Gasteiger partial charge in [0.15, 0.2) is 5.13 Å². The highest BCUT2D eigenvalue weighted by molar-refractivity contribution is 7.18. The number of carbonyl (C=O) groups excluding carboxylic acids is 1. The summed E-state index contributed by atoms with van der Waals surface area (Å²) in [5, 5.41) is 0.789. The molecule has 7 heteroatoms.